The topological polar surface area (TPSA) is 103 Å². The standard InChI is InChI=1S/C23H26N2O7/c1-4-31-17-7-5-16(6-8-17)24-21(26)14-32-23(28)15-11-22(27)25(13-15)19-12-18(29-2)9-10-20(19)30-3/h5-10,12,15H,4,11,13-14H2,1-3H3,(H,24,26)/t15-/m1/s1. The van der Waals surface area contributed by atoms with E-state index < -0.39 is 24.4 Å². The lowest BCUT2D eigenvalue weighted by atomic mass is 10.1. The molecular weight excluding hydrogens is 416 g/mol. The number of hydrogen-bond donors (Lipinski definition) is 1. The van der Waals surface area contributed by atoms with E-state index in [1.54, 1.807) is 42.5 Å². The highest BCUT2D eigenvalue weighted by Gasteiger charge is 2.37. The summed E-state index contributed by atoms with van der Waals surface area (Å²) in [6, 6.07) is 11.9. The maximum atomic E-state index is 12.5. The lowest BCUT2D eigenvalue weighted by Gasteiger charge is -2.20. The van der Waals surface area contributed by atoms with Crippen molar-refractivity contribution in [2.24, 2.45) is 5.92 Å². The van der Waals surface area contributed by atoms with Gasteiger partial charge in [-0.2, -0.15) is 0 Å². The van der Waals surface area contributed by atoms with E-state index in [1.807, 2.05) is 6.92 Å². The fourth-order valence-corrected chi connectivity index (χ4v) is 3.36. The van der Waals surface area contributed by atoms with Gasteiger partial charge in [0.2, 0.25) is 5.91 Å². The van der Waals surface area contributed by atoms with E-state index in [4.69, 9.17) is 18.9 Å². The fraction of sp³-hybridized carbons (Fsp3) is 0.348. The van der Waals surface area contributed by atoms with Crippen LogP contribution in [0.15, 0.2) is 42.5 Å². The number of nitrogens with one attached hydrogen (secondary N) is 1. The SMILES string of the molecule is CCOc1ccc(NC(=O)COC(=O)[C@@H]2CC(=O)N(c3cc(OC)ccc3OC)C2)cc1. The highest BCUT2D eigenvalue weighted by atomic mass is 16.5. The highest BCUT2D eigenvalue weighted by molar-refractivity contribution is 6.01. The Kier molecular flexibility index (Phi) is 7.54. The van der Waals surface area contributed by atoms with Crippen molar-refractivity contribution in [2.45, 2.75) is 13.3 Å². The van der Waals surface area contributed by atoms with Crippen LogP contribution >= 0.6 is 0 Å². The Bertz CT molecular complexity index is 975. The fourth-order valence-electron chi connectivity index (χ4n) is 3.36. The van der Waals surface area contributed by atoms with Gasteiger partial charge in [-0.25, -0.2) is 0 Å². The molecule has 2 aromatic carbocycles. The zero-order valence-electron chi connectivity index (χ0n) is 18.3. The minimum Gasteiger partial charge on any atom is -0.497 e. The Morgan fingerprint density at radius 1 is 1.06 bits per heavy atom. The zero-order chi connectivity index (χ0) is 23.1. The van der Waals surface area contributed by atoms with Gasteiger partial charge in [-0.05, 0) is 43.3 Å². The summed E-state index contributed by atoms with van der Waals surface area (Å²) in [5.41, 5.74) is 1.07. The molecule has 1 aliphatic heterocycles. The van der Waals surface area contributed by atoms with Crippen LogP contribution < -0.4 is 24.4 Å². The van der Waals surface area contributed by atoms with Crippen LogP contribution in [0.25, 0.3) is 0 Å². The summed E-state index contributed by atoms with van der Waals surface area (Å²) in [5, 5.41) is 2.65. The number of anilines is 2. The van der Waals surface area contributed by atoms with Crippen molar-refractivity contribution in [2.75, 3.05) is 44.2 Å². The Morgan fingerprint density at radius 2 is 1.78 bits per heavy atom. The third-order valence-electron chi connectivity index (χ3n) is 4.93. The van der Waals surface area contributed by atoms with Crippen LogP contribution in [0.5, 0.6) is 17.2 Å². The third kappa shape index (κ3) is 5.48. The first-order valence-electron chi connectivity index (χ1n) is 10.2. The van der Waals surface area contributed by atoms with Crippen LogP contribution in [-0.2, 0) is 19.1 Å². The Morgan fingerprint density at radius 3 is 2.44 bits per heavy atom. The number of carbonyl (C=O) groups excluding carboxylic acids is 3. The number of nitrogens with zero attached hydrogens (tertiary/aromatic N) is 1. The van der Waals surface area contributed by atoms with E-state index in [1.165, 1.54) is 19.1 Å². The monoisotopic (exact) mass is 442 g/mol. The highest BCUT2D eigenvalue weighted by Crippen LogP contribution is 2.36. The normalized spacial score (nSPS) is 15.3. The minimum absolute atomic E-state index is 0.0142. The molecule has 0 aliphatic carbocycles. The summed E-state index contributed by atoms with van der Waals surface area (Å²) in [4.78, 5) is 38.6. The van der Waals surface area contributed by atoms with Crippen molar-refractivity contribution in [1.82, 2.24) is 0 Å². The number of ether oxygens (including phenoxy) is 4. The predicted octanol–water partition coefficient (Wildman–Crippen LogP) is 2.64. The molecule has 0 unspecified atom stereocenters. The van der Waals surface area contributed by atoms with Gasteiger partial charge >= 0.3 is 5.97 Å². The van der Waals surface area contributed by atoms with Crippen molar-refractivity contribution in [3.63, 3.8) is 0 Å². The number of esters is 1. The first kappa shape index (κ1) is 22.9. The molecule has 2 aromatic rings. The summed E-state index contributed by atoms with van der Waals surface area (Å²) in [5.74, 6) is -0.259. The smallest absolute Gasteiger partial charge is 0.311 e. The van der Waals surface area contributed by atoms with E-state index in [0.717, 1.165) is 0 Å². The van der Waals surface area contributed by atoms with Crippen molar-refractivity contribution in [3.05, 3.63) is 42.5 Å². The Hall–Kier alpha value is -3.75. The van der Waals surface area contributed by atoms with Gasteiger partial charge in [0.25, 0.3) is 5.91 Å². The molecule has 1 fully saturated rings. The number of benzene rings is 2. The lowest BCUT2D eigenvalue weighted by molar-refractivity contribution is -0.151. The molecule has 3 rings (SSSR count). The molecule has 2 amide bonds. The number of amides is 2. The largest absolute Gasteiger partial charge is 0.497 e. The van der Waals surface area contributed by atoms with Crippen LogP contribution in [0.2, 0.25) is 0 Å². The van der Waals surface area contributed by atoms with Crippen LogP contribution in [-0.4, -0.2) is 51.8 Å². The van der Waals surface area contributed by atoms with Crippen LogP contribution in [0.3, 0.4) is 0 Å². The first-order chi connectivity index (χ1) is 15.4. The van der Waals surface area contributed by atoms with Gasteiger partial charge in [-0.3, -0.25) is 14.4 Å². The van der Waals surface area contributed by atoms with Gasteiger partial charge in [0.05, 0.1) is 32.4 Å². The van der Waals surface area contributed by atoms with Gasteiger partial charge in [0, 0.05) is 24.7 Å². The molecule has 0 spiro atoms. The van der Waals surface area contributed by atoms with E-state index in [9.17, 15) is 14.4 Å². The predicted molar refractivity (Wildman–Crippen MR) is 117 cm³/mol. The lowest BCUT2D eigenvalue weighted by Crippen LogP contribution is -2.28. The zero-order valence-corrected chi connectivity index (χ0v) is 18.3. The van der Waals surface area contributed by atoms with Gasteiger partial charge in [-0.15, -0.1) is 0 Å². The second-order valence-electron chi connectivity index (χ2n) is 7.06. The molecule has 0 radical (unpaired) electrons. The summed E-state index contributed by atoms with van der Waals surface area (Å²) in [6.45, 7) is 2.11. The van der Waals surface area contributed by atoms with Crippen LogP contribution in [0.4, 0.5) is 11.4 Å². The third-order valence-corrected chi connectivity index (χ3v) is 4.93. The van der Waals surface area contributed by atoms with Crippen LogP contribution in [0, 0.1) is 5.92 Å². The molecule has 0 saturated carbocycles. The van der Waals surface area contributed by atoms with E-state index >= 15 is 0 Å². The quantitative estimate of drug-likeness (QED) is 0.596. The molecule has 1 N–H and O–H groups in total. The van der Waals surface area contributed by atoms with Crippen molar-refractivity contribution in [1.29, 1.82) is 0 Å². The van der Waals surface area contributed by atoms with Crippen molar-refractivity contribution in [3.8, 4) is 17.2 Å². The molecule has 0 bridgehead atoms. The van der Waals surface area contributed by atoms with E-state index in [-0.39, 0.29) is 18.9 Å². The van der Waals surface area contributed by atoms with Crippen LogP contribution in [0.1, 0.15) is 13.3 Å². The number of hydrogen-bond acceptors (Lipinski definition) is 7. The summed E-state index contributed by atoms with van der Waals surface area (Å²) < 4.78 is 21.0. The molecule has 1 aliphatic rings. The van der Waals surface area contributed by atoms with Crippen molar-refractivity contribution >= 4 is 29.2 Å². The molecule has 9 nitrogen and oxygen atoms in total. The summed E-state index contributed by atoms with van der Waals surface area (Å²) in [6.07, 6.45) is -0.0142. The molecule has 170 valence electrons. The summed E-state index contributed by atoms with van der Waals surface area (Å²) >= 11 is 0. The number of rotatable bonds is 9. The average molecular weight is 442 g/mol. The van der Waals surface area contributed by atoms with Crippen molar-refractivity contribution < 1.29 is 33.3 Å². The number of carbonyl (C=O) groups is 3. The maximum absolute atomic E-state index is 12.5. The molecule has 0 aromatic heterocycles. The molecule has 1 atom stereocenters. The molecule has 9 heteroatoms. The number of methoxy groups -OCH3 is 2. The molecule has 32 heavy (non-hydrogen) atoms. The second-order valence-corrected chi connectivity index (χ2v) is 7.06. The first-order valence-corrected chi connectivity index (χ1v) is 10.2. The maximum Gasteiger partial charge on any atom is 0.311 e. The molecule has 1 heterocycles. The van der Waals surface area contributed by atoms with Gasteiger partial charge < -0.3 is 29.2 Å². The molecular formula is C23H26N2O7. The second kappa shape index (κ2) is 10.5. The average Bonchev–Trinajstić information content (AvgIpc) is 3.20. The Labute approximate surface area is 186 Å². The van der Waals surface area contributed by atoms with E-state index in [0.29, 0.717) is 35.2 Å². The van der Waals surface area contributed by atoms with Gasteiger partial charge in [0.15, 0.2) is 6.61 Å². The minimum atomic E-state index is -0.684. The summed E-state index contributed by atoms with van der Waals surface area (Å²) in [7, 11) is 3.02. The Balaban J connectivity index is 1.55. The van der Waals surface area contributed by atoms with Gasteiger partial charge in [0.1, 0.15) is 17.2 Å². The molecule has 1 saturated heterocycles. The van der Waals surface area contributed by atoms with Gasteiger partial charge in [-0.1, -0.05) is 0 Å². The van der Waals surface area contributed by atoms with E-state index in [2.05, 4.69) is 5.32 Å².